The van der Waals surface area contributed by atoms with Crippen molar-refractivity contribution in [3.05, 3.63) is 25.3 Å². The van der Waals surface area contributed by atoms with Gasteiger partial charge in [-0.05, 0) is 138 Å². The summed E-state index contributed by atoms with van der Waals surface area (Å²) in [4.78, 5) is 0. The van der Waals surface area contributed by atoms with Gasteiger partial charge in [0.05, 0.1) is 11.2 Å². The summed E-state index contributed by atoms with van der Waals surface area (Å²) in [6, 6.07) is 0. The van der Waals surface area contributed by atoms with E-state index in [2.05, 4.69) is 13.2 Å². The molecular weight excluding hydrogens is 392 g/mol. The van der Waals surface area contributed by atoms with Crippen molar-refractivity contribution in [3.63, 3.8) is 0 Å². The quantitative estimate of drug-likeness (QED) is 0.388. The highest BCUT2D eigenvalue weighted by atomic mass is 16.3. The molecule has 8 saturated carbocycles. The van der Waals surface area contributed by atoms with Crippen LogP contribution in [0.1, 0.15) is 103 Å². The third kappa shape index (κ3) is 3.18. The summed E-state index contributed by atoms with van der Waals surface area (Å²) >= 11 is 0. The van der Waals surface area contributed by atoms with Crippen LogP contribution in [-0.4, -0.2) is 21.4 Å². The normalized spacial score (nSPS) is 49.6. The average Bonchev–Trinajstić information content (AvgIpc) is 2.71. The van der Waals surface area contributed by atoms with E-state index in [1.807, 2.05) is 12.2 Å². The highest BCUT2D eigenvalue weighted by Crippen LogP contribution is 2.67. The third-order valence-corrected chi connectivity index (χ3v) is 12.0. The van der Waals surface area contributed by atoms with E-state index in [-0.39, 0.29) is 10.8 Å². The fourth-order valence-corrected chi connectivity index (χ4v) is 11.4. The summed E-state index contributed by atoms with van der Waals surface area (Å²) in [5.41, 5.74) is -1.29. The number of hydrogen-bond donors (Lipinski definition) is 2. The van der Waals surface area contributed by atoms with Crippen LogP contribution in [0.2, 0.25) is 0 Å². The molecule has 0 aromatic rings. The zero-order valence-corrected chi connectivity index (χ0v) is 20.2. The molecule has 0 heterocycles. The van der Waals surface area contributed by atoms with E-state index in [1.54, 1.807) is 0 Å². The van der Waals surface area contributed by atoms with E-state index in [9.17, 15) is 10.2 Å². The molecule has 8 bridgehead atoms. The predicted molar refractivity (Wildman–Crippen MR) is 130 cm³/mol. The van der Waals surface area contributed by atoms with E-state index in [4.69, 9.17) is 0 Å². The Morgan fingerprint density at radius 2 is 0.812 bits per heavy atom. The van der Waals surface area contributed by atoms with Crippen molar-refractivity contribution in [2.45, 2.75) is 114 Å². The Kier molecular flexibility index (Phi) is 5.10. The molecule has 2 N–H and O–H groups in total. The van der Waals surface area contributed by atoms with Gasteiger partial charge in [0.1, 0.15) is 0 Å². The van der Waals surface area contributed by atoms with Crippen LogP contribution in [0.3, 0.4) is 0 Å². The van der Waals surface area contributed by atoms with Crippen LogP contribution in [0.5, 0.6) is 0 Å². The molecule has 0 spiro atoms. The van der Waals surface area contributed by atoms with E-state index in [1.165, 1.54) is 77.0 Å². The minimum absolute atomic E-state index is 0.0620. The molecule has 0 amide bonds. The van der Waals surface area contributed by atoms with Crippen molar-refractivity contribution in [3.8, 4) is 0 Å². The van der Waals surface area contributed by atoms with Crippen molar-refractivity contribution in [1.29, 1.82) is 0 Å². The molecule has 0 aromatic carbocycles. The molecule has 2 heteroatoms. The predicted octanol–water partition coefficient (Wildman–Crippen LogP) is 6.81. The number of hydrogen-bond acceptors (Lipinski definition) is 2. The number of aliphatic hydroxyl groups is 2. The second kappa shape index (κ2) is 7.45. The molecule has 8 aliphatic rings. The zero-order valence-electron chi connectivity index (χ0n) is 20.2. The van der Waals surface area contributed by atoms with Gasteiger partial charge in [-0.1, -0.05) is 12.2 Å². The van der Waals surface area contributed by atoms with Gasteiger partial charge in [-0.15, -0.1) is 13.2 Å². The van der Waals surface area contributed by atoms with Gasteiger partial charge in [-0.3, -0.25) is 0 Å². The molecule has 8 rings (SSSR count). The van der Waals surface area contributed by atoms with Crippen LogP contribution in [0, 0.1) is 46.3 Å². The first-order valence-electron chi connectivity index (χ1n) is 14.0. The van der Waals surface area contributed by atoms with Crippen molar-refractivity contribution in [2.75, 3.05) is 0 Å². The highest BCUT2D eigenvalue weighted by Gasteiger charge is 2.62. The first-order valence-corrected chi connectivity index (χ1v) is 14.0. The van der Waals surface area contributed by atoms with E-state index in [0.717, 1.165) is 48.3 Å². The second-order valence-electron chi connectivity index (χ2n) is 13.9. The Bertz CT molecular complexity index is 632. The summed E-state index contributed by atoms with van der Waals surface area (Å²) in [5.74, 6) is 4.96. The Morgan fingerprint density at radius 3 is 1.03 bits per heavy atom. The molecule has 0 aromatic heterocycles. The first kappa shape index (κ1) is 21.9. The monoisotopic (exact) mass is 438 g/mol. The van der Waals surface area contributed by atoms with Crippen LogP contribution in [0.15, 0.2) is 25.3 Å². The lowest BCUT2D eigenvalue weighted by atomic mass is 9.43. The molecule has 0 saturated heterocycles. The van der Waals surface area contributed by atoms with Crippen molar-refractivity contribution < 1.29 is 10.2 Å². The largest absolute Gasteiger partial charge is 0.389 e. The molecule has 8 aliphatic carbocycles. The maximum Gasteiger partial charge on any atom is 0.0739 e. The van der Waals surface area contributed by atoms with Crippen LogP contribution < -0.4 is 0 Å². The van der Waals surface area contributed by atoms with E-state index >= 15 is 0 Å². The summed E-state index contributed by atoms with van der Waals surface area (Å²) in [5, 5.41) is 24.8. The summed E-state index contributed by atoms with van der Waals surface area (Å²) in [7, 11) is 0. The second-order valence-corrected chi connectivity index (χ2v) is 13.9. The zero-order chi connectivity index (χ0) is 22.2. The Balaban J connectivity index is 1.28. The van der Waals surface area contributed by atoms with Crippen molar-refractivity contribution in [2.24, 2.45) is 46.3 Å². The van der Waals surface area contributed by atoms with Crippen molar-refractivity contribution >= 4 is 0 Å². The number of rotatable bonds is 9. The lowest BCUT2D eigenvalue weighted by Gasteiger charge is -2.64. The molecule has 178 valence electrons. The SMILES string of the molecule is C=CCC(O)(CCC(O)(CC=C)C12CC3CC(CC(C3)C1)C2)C12CC3CC(CC(C3)C1)C2. The molecule has 2 nitrogen and oxygen atoms in total. The first-order chi connectivity index (χ1) is 15.3. The van der Waals surface area contributed by atoms with Gasteiger partial charge in [-0.2, -0.15) is 0 Å². The highest BCUT2D eigenvalue weighted by molar-refractivity contribution is 5.15. The lowest BCUT2D eigenvalue weighted by molar-refractivity contribution is -0.207. The summed E-state index contributed by atoms with van der Waals surface area (Å²) in [6.07, 6.45) is 22.4. The van der Waals surface area contributed by atoms with Gasteiger partial charge < -0.3 is 10.2 Å². The van der Waals surface area contributed by atoms with Crippen LogP contribution in [0.4, 0.5) is 0 Å². The van der Waals surface area contributed by atoms with Crippen LogP contribution in [0.25, 0.3) is 0 Å². The van der Waals surface area contributed by atoms with Gasteiger partial charge in [0, 0.05) is 10.8 Å². The average molecular weight is 439 g/mol. The Morgan fingerprint density at radius 1 is 0.562 bits per heavy atom. The van der Waals surface area contributed by atoms with Gasteiger partial charge in [0.25, 0.3) is 0 Å². The molecule has 0 aliphatic heterocycles. The molecule has 2 unspecified atom stereocenters. The lowest BCUT2D eigenvalue weighted by Crippen LogP contribution is -2.61. The van der Waals surface area contributed by atoms with Gasteiger partial charge in [0.2, 0.25) is 0 Å². The Hall–Kier alpha value is -0.600. The molecule has 8 fully saturated rings. The molecule has 32 heavy (non-hydrogen) atoms. The Labute approximate surface area is 195 Å². The standard InChI is InChI=1S/C30H46O2/c1-3-5-29(31,27-15-21-9-22(16-27)11-23(10-21)17-27)7-8-30(32,6-4-2)28-18-24-12-25(19-28)14-26(13-24)20-28/h3-4,21-26,31-32H,1-2,5-20H2. The molecular formula is C30H46O2. The van der Waals surface area contributed by atoms with Gasteiger partial charge >= 0.3 is 0 Å². The van der Waals surface area contributed by atoms with E-state index < -0.39 is 11.2 Å². The van der Waals surface area contributed by atoms with E-state index in [0.29, 0.717) is 12.8 Å². The van der Waals surface area contributed by atoms with Crippen LogP contribution >= 0.6 is 0 Å². The molecule has 0 radical (unpaired) electrons. The molecule has 2 atom stereocenters. The van der Waals surface area contributed by atoms with Crippen LogP contribution in [-0.2, 0) is 0 Å². The fourth-order valence-electron chi connectivity index (χ4n) is 11.4. The minimum atomic E-state index is -0.706. The third-order valence-electron chi connectivity index (χ3n) is 12.0. The van der Waals surface area contributed by atoms with Crippen molar-refractivity contribution in [1.82, 2.24) is 0 Å². The fraction of sp³-hybridized carbons (Fsp3) is 0.867. The minimum Gasteiger partial charge on any atom is -0.389 e. The summed E-state index contributed by atoms with van der Waals surface area (Å²) in [6.45, 7) is 8.14. The maximum atomic E-state index is 12.4. The topological polar surface area (TPSA) is 40.5 Å². The smallest absolute Gasteiger partial charge is 0.0739 e. The summed E-state index contributed by atoms with van der Waals surface area (Å²) < 4.78 is 0. The maximum absolute atomic E-state index is 12.4. The van der Waals surface area contributed by atoms with Gasteiger partial charge in [0.15, 0.2) is 0 Å². The van der Waals surface area contributed by atoms with Gasteiger partial charge in [-0.25, -0.2) is 0 Å².